The molecule has 1 aliphatic heterocycles. The van der Waals surface area contributed by atoms with Gasteiger partial charge in [-0.3, -0.25) is 48.1 Å². The number of aromatic amines is 2. The highest BCUT2D eigenvalue weighted by atomic mass is 16.2. The molecular formula is C53H75N15O9. The van der Waals surface area contributed by atoms with Gasteiger partial charge in [0.1, 0.15) is 42.3 Å². The van der Waals surface area contributed by atoms with Crippen molar-refractivity contribution in [1.29, 1.82) is 0 Å². The zero-order chi connectivity index (χ0) is 56.2. The lowest BCUT2D eigenvalue weighted by atomic mass is 9.99. The highest BCUT2D eigenvalue weighted by Crippen LogP contribution is 2.23. The van der Waals surface area contributed by atoms with Crippen molar-refractivity contribution in [2.24, 2.45) is 22.2 Å². The number of fused-ring (bicyclic) bond motifs is 1. The van der Waals surface area contributed by atoms with Crippen molar-refractivity contribution in [1.82, 2.24) is 56.2 Å². The molecule has 3 heterocycles. The Kier molecular flexibility index (Phi) is 22.5. The molecule has 13 N–H and O–H groups in total. The molecular weight excluding hydrogens is 991 g/mol. The van der Waals surface area contributed by atoms with Crippen LogP contribution < -0.4 is 43.8 Å². The van der Waals surface area contributed by atoms with E-state index >= 15 is 4.79 Å². The van der Waals surface area contributed by atoms with Crippen LogP contribution in [0.25, 0.3) is 10.9 Å². The lowest BCUT2D eigenvalue weighted by Gasteiger charge is -2.36. The van der Waals surface area contributed by atoms with Crippen LogP contribution in [0.2, 0.25) is 0 Å². The number of imidazole rings is 1. The SMILES string of the molecule is CCCC[C@H](NC(C)=O)C(=O)N[C@H]1CC(=O)NCCCC[C@@H](C(N)=O)N(C)C(=O)[C@H](Cc2c[nH]c3ccccc23)N(C)C(=O)[C@H](CCCN=C(N)N)NC(=O)[C@@H](Cc2ccccc2)NC(=O)[C@H](Cc2cnc[nH]2)N(C)C1=O. The molecule has 1 aliphatic rings. The summed E-state index contributed by atoms with van der Waals surface area (Å²) in [4.78, 5) is 146. The standard InChI is InChI=1S/C53H75N15O9/c1-6-7-19-38(62-32(2)69)47(72)65-41-28-45(70)58-23-14-13-22-42(46(54)71)66(3)52(77)44(26-34-29-60-37-20-12-11-18-36(34)37)68(5)50(75)39(21-15-24-59-53(55)56)63-48(73)40(25-33-16-9-8-10-17-33)64-49(74)43(67(4)51(41)76)27-35-30-57-31-61-35/h8-12,16-18,20,29-31,38-44,60H,6-7,13-15,19,21-28H2,1-5H3,(H2,54,71)(H,57,61)(H,58,70)(H,62,69)(H,63,73)(H,64,74)(H,65,72)(H4,55,56,59)/t38-,39-,40+,41-,42-,43-,44-/m0/s1. The van der Waals surface area contributed by atoms with Gasteiger partial charge >= 0.3 is 0 Å². The molecule has 5 rings (SSSR count). The molecule has 4 aromatic rings. The summed E-state index contributed by atoms with van der Waals surface area (Å²) in [5, 5.41) is 14.5. The normalized spacial score (nSPS) is 21.4. The number of nitrogens with zero attached hydrogens (tertiary/aromatic N) is 5. The van der Waals surface area contributed by atoms with Crippen LogP contribution in [0.15, 0.2) is 78.3 Å². The Labute approximate surface area is 447 Å². The number of hydrogen-bond donors (Lipinski definition) is 10. The maximum Gasteiger partial charge on any atom is 0.246 e. The number of guanidine groups is 1. The minimum absolute atomic E-state index is 0.0215. The third kappa shape index (κ3) is 17.4. The van der Waals surface area contributed by atoms with E-state index in [1.54, 1.807) is 36.5 Å². The van der Waals surface area contributed by atoms with Crippen molar-refractivity contribution in [3.05, 3.63) is 90.1 Å². The molecule has 24 nitrogen and oxygen atoms in total. The lowest BCUT2D eigenvalue weighted by Crippen LogP contribution is -2.61. The Balaban J connectivity index is 1.62. The van der Waals surface area contributed by atoms with E-state index in [1.807, 2.05) is 31.2 Å². The number of amides is 9. The van der Waals surface area contributed by atoms with Gasteiger partial charge in [0.2, 0.25) is 53.2 Å². The smallest absolute Gasteiger partial charge is 0.246 e. The van der Waals surface area contributed by atoms with Gasteiger partial charge in [0.25, 0.3) is 0 Å². The van der Waals surface area contributed by atoms with Crippen LogP contribution >= 0.6 is 0 Å². The molecule has 77 heavy (non-hydrogen) atoms. The monoisotopic (exact) mass is 1070 g/mol. The van der Waals surface area contributed by atoms with Crippen LogP contribution in [0, 0.1) is 0 Å². The quantitative estimate of drug-likeness (QED) is 0.0373. The van der Waals surface area contributed by atoms with Crippen LogP contribution in [0.1, 0.15) is 88.5 Å². The summed E-state index contributed by atoms with van der Waals surface area (Å²) in [5.41, 5.74) is 19.8. The van der Waals surface area contributed by atoms with Gasteiger partial charge in [0.05, 0.1) is 12.7 Å². The number of hydrogen-bond acceptors (Lipinski definition) is 11. The summed E-state index contributed by atoms with van der Waals surface area (Å²) in [5.74, 6) is -6.63. The van der Waals surface area contributed by atoms with Crippen LogP contribution in [0.4, 0.5) is 0 Å². The van der Waals surface area contributed by atoms with Crippen molar-refractivity contribution in [3.8, 4) is 0 Å². The number of primary amides is 1. The minimum Gasteiger partial charge on any atom is -0.370 e. The second-order valence-electron chi connectivity index (χ2n) is 19.4. The summed E-state index contributed by atoms with van der Waals surface area (Å²) in [7, 11) is 4.19. The van der Waals surface area contributed by atoms with Crippen molar-refractivity contribution >= 4 is 70.0 Å². The summed E-state index contributed by atoms with van der Waals surface area (Å²) in [6, 6.07) is 7.03. The maximum atomic E-state index is 15.1. The third-order valence-corrected chi connectivity index (χ3v) is 13.7. The summed E-state index contributed by atoms with van der Waals surface area (Å²) >= 11 is 0. The number of nitrogens with two attached hydrogens (primary N) is 3. The van der Waals surface area contributed by atoms with Crippen molar-refractivity contribution in [2.75, 3.05) is 34.2 Å². The molecule has 9 amide bonds. The topological polar surface area (TPSA) is 358 Å². The number of rotatable bonds is 17. The number of carbonyl (C=O) groups excluding carboxylic acids is 9. The van der Waals surface area contributed by atoms with Gasteiger partial charge in [0, 0.05) is 89.4 Å². The Morgan fingerprint density at radius 3 is 2.17 bits per heavy atom. The van der Waals surface area contributed by atoms with Crippen LogP contribution in [0.3, 0.4) is 0 Å². The molecule has 0 unspecified atom stereocenters. The first kappa shape index (κ1) is 59.6. The van der Waals surface area contributed by atoms with Crippen LogP contribution in [-0.4, -0.2) is 165 Å². The zero-order valence-electron chi connectivity index (χ0n) is 44.5. The predicted octanol–water partition coefficient (Wildman–Crippen LogP) is -0.222. The van der Waals surface area contributed by atoms with E-state index in [1.165, 1.54) is 50.4 Å². The minimum atomic E-state index is -1.56. The molecule has 0 bridgehead atoms. The summed E-state index contributed by atoms with van der Waals surface area (Å²) < 4.78 is 0. The van der Waals surface area contributed by atoms with Gasteiger partial charge in [-0.25, -0.2) is 4.98 Å². The fourth-order valence-corrected chi connectivity index (χ4v) is 9.33. The molecule has 0 spiro atoms. The van der Waals surface area contributed by atoms with E-state index in [0.717, 1.165) is 15.8 Å². The van der Waals surface area contributed by atoms with Gasteiger partial charge in [0.15, 0.2) is 5.96 Å². The lowest BCUT2D eigenvalue weighted by molar-refractivity contribution is -0.148. The van der Waals surface area contributed by atoms with E-state index in [2.05, 4.69) is 46.5 Å². The van der Waals surface area contributed by atoms with Crippen LogP contribution in [-0.2, 0) is 62.4 Å². The maximum absolute atomic E-state index is 15.1. The molecule has 1 saturated heterocycles. The number of aliphatic imine (C=N–C) groups is 1. The molecule has 1 fully saturated rings. The van der Waals surface area contributed by atoms with E-state index in [0.29, 0.717) is 36.1 Å². The zero-order valence-corrected chi connectivity index (χ0v) is 44.5. The molecule has 2 aromatic carbocycles. The predicted molar refractivity (Wildman–Crippen MR) is 288 cm³/mol. The number of para-hydroxylation sites is 1. The number of H-pyrrole nitrogens is 2. The molecule has 7 atom stereocenters. The average molecular weight is 1070 g/mol. The van der Waals surface area contributed by atoms with Gasteiger partial charge in [-0.15, -0.1) is 0 Å². The fourth-order valence-electron chi connectivity index (χ4n) is 9.33. The van der Waals surface area contributed by atoms with Crippen molar-refractivity contribution in [2.45, 2.75) is 133 Å². The first-order chi connectivity index (χ1) is 36.8. The highest BCUT2D eigenvalue weighted by molar-refractivity contribution is 5.99. The summed E-state index contributed by atoms with van der Waals surface area (Å²) in [6.45, 7) is 3.29. The molecule has 24 heteroatoms. The Morgan fingerprint density at radius 2 is 1.49 bits per heavy atom. The number of aromatic nitrogens is 3. The van der Waals surface area contributed by atoms with Crippen molar-refractivity contribution in [3.63, 3.8) is 0 Å². The number of benzene rings is 2. The molecule has 0 radical (unpaired) electrons. The fraction of sp³-hybridized carbons (Fsp3) is 0.491. The van der Waals surface area contributed by atoms with Gasteiger partial charge in [-0.1, -0.05) is 68.3 Å². The molecule has 0 aliphatic carbocycles. The first-order valence-electron chi connectivity index (χ1n) is 25.9. The number of nitrogens with one attached hydrogen (secondary N) is 7. The Bertz CT molecular complexity index is 2690. The highest BCUT2D eigenvalue weighted by Gasteiger charge is 2.40. The Morgan fingerprint density at radius 1 is 0.792 bits per heavy atom. The molecule has 0 saturated carbocycles. The number of carbonyl (C=O) groups is 9. The second kappa shape index (κ2) is 29.1. The van der Waals surface area contributed by atoms with Gasteiger partial charge in [-0.2, -0.15) is 0 Å². The molecule has 416 valence electrons. The third-order valence-electron chi connectivity index (χ3n) is 13.7. The van der Waals surface area contributed by atoms with Gasteiger partial charge < -0.3 is 68.5 Å². The number of likely N-dealkylation sites (N-methyl/N-ethyl adjacent to an activating group) is 3. The second-order valence-corrected chi connectivity index (χ2v) is 19.4. The van der Waals surface area contributed by atoms with E-state index in [-0.39, 0.29) is 70.4 Å². The first-order valence-corrected chi connectivity index (χ1v) is 25.9. The van der Waals surface area contributed by atoms with Crippen LogP contribution in [0.5, 0.6) is 0 Å². The van der Waals surface area contributed by atoms with E-state index in [9.17, 15) is 38.4 Å². The largest absolute Gasteiger partial charge is 0.370 e. The van der Waals surface area contributed by atoms with E-state index in [4.69, 9.17) is 17.2 Å². The molecule has 2 aromatic heterocycles. The van der Waals surface area contributed by atoms with E-state index < -0.39 is 102 Å². The van der Waals surface area contributed by atoms with Gasteiger partial charge in [-0.05, 0) is 55.7 Å². The summed E-state index contributed by atoms with van der Waals surface area (Å²) in [6.07, 6.45) is 5.97. The Hall–Kier alpha value is -8.31. The average Bonchev–Trinajstić information content (AvgIpc) is 4.08. The van der Waals surface area contributed by atoms with Crippen molar-refractivity contribution < 1.29 is 43.2 Å². The number of unbranched alkanes of at least 4 members (excludes halogenated alkanes) is 1.